The molecule has 0 aliphatic heterocycles. The molecule has 1 amide bonds. The molecule has 24 heavy (non-hydrogen) atoms. The predicted octanol–water partition coefficient (Wildman–Crippen LogP) is 2.34. The van der Waals surface area contributed by atoms with E-state index in [0.29, 0.717) is 11.3 Å². The first-order chi connectivity index (χ1) is 11.4. The van der Waals surface area contributed by atoms with Gasteiger partial charge in [-0.2, -0.15) is 0 Å². The zero-order valence-electron chi connectivity index (χ0n) is 12.6. The lowest BCUT2D eigenvalue weighted by Crippen LogP contribution is -2.15. The predicted molar refractivity (Wildman–Crippen MR) is 88.5 cm³/mol. The summed E-state index contributed by atoms with van der Waals surface area (Å²) in [7, 11) is -2.50. The number of para-hydroxylation sites is 1. The van der Waals surface area contributed by atoms with E-state index < -0.39 is 15.9 Å². The van der Waals surface area contributed by atoms with Gasteiger partial charge in [-0.25, -0.2) is 13.6 Å². The molecule has 0 saturated carbocycles. The Morgan fingerprint density at radius 1 is 1.17 bits per heavy atom. The van der Waals surface area contributed by atoms with Gasteiger partial charge in [-0.05, 0) is 30.3 Å². The lowest BCUT2D eigenvalue weighted by atomic mass is 10.2. The maximum absolute atomic E-state index is 12.4. The number of sulfonamides is 1. The van der Waals surface area contributed by atoms with Gasteiger partial charge < -0.3 is 14.5 Å². The van der Waals surface area contributed by atoms with E-state index in [0.717, 1.165) is 5.39 Å². The molecular weight excluding hydrogens is 332 g/mol. The molecular formula is C16H14N2O5S. The highest BCUT2D eigenvalue weighted by Gasteiger charge is 2.17. The Morgan fingerprint density at radius 2 is 1.92 bits per heavy atom. The van der Waals surface area contributed by atoms with Crippen molar-refractivity contribution in [3.63, 3.8) is 0 Å². The molecule has 0 atom stereocenters. The molecule has 0 bridgehead atoms. The van der Waals surface area contributed by atoms with Crippen molar-refractivity contribution in [2.75, 3.05) is 12.4 Å². The topological polar surface area (TPSA) is 112 Å². The summed E-state index contributed by atoms with van der Waals surface area (Å²) >= 11 is 0. The molecule has 1 heterocycles. The molecule has 0 radical (unpaired) electrons. The van der Waals surface area contributed by atoms with Crippen LogP contribution in [-0.4, -0.2) is 21.4 Å². The van der Waals surface area contributed by atoms with Gasteiger partial charge >= 0.3 is 0 Å². The maximum Gasteiger partial charge on any atom is 0.291 e. The third-order valence-corrected chi connectivity index (χ3v) is 4.31. The molecule has 1 aromatic heterocycles. The summed E-state index contributed by atoms with van der Waals surface area (Å²) in [5.74, 6) is -0.137. The van der Waals surface area contributed by atoms with Gasteiger partial charge in [-0.3, -0.25) is 4.79 Å². The van der Waals surface area contributed by atoms with E-state index in [9.17, 15) is 13.2 Å². The highest BCUT2D eigenvalue weighted by atomic mass is 32.2. The van der Waals surface area contributed by atoms with Crippen LogP contribution in [0.5, 0.6) is 5.75 Å². The van der Waals surface area contributed by atoms with Crippen molar-refractivity contribution in [3.05, 3.63) is 54.3 Å². The van der Waals surface area contributed by atoms with Crippen molar-refractivity contribution in [1.29, 1.82) is 0 Å². The van der Waals surface area contributed by atoms with Crippen molar-refractivity contribution >= 4 is 32.6 Å². The summed E-state index contributed by atoms with van der Waals surface area (Å²) in [6, 6.07) is 12.7. The summed E-state index contributed by atoms with van der Waals surface area (Å²) in [5, 5.41) is 8.47. The van der Waals surface area contributed by atoms with Crippen molar-refractivity contribution in [2.24, 2.45) is 5.14 Å². The van der Waals surface area contributed by atoms with E-state index in [1.54, 1.807) is 18.2 Å². The number of ether oxygens (including phenoxy) is 1. The van der Waals surface area contributed by atoms with E-state index in [1.807, 2.05) is 12.1 Å². The molecule has 2 aromatic carbocycles. The van der Waals surface area contributed by atoms with Crippen molar-refractivity contribution < 1.29 is 22.4 Å². The van der Waals surface area contributed by atoms with Crippen LogP contribution in [0, 0.1) is 0 Å². The number of amides is 1. The molecule has 0 saturated heterocycles. The Hall–Kier alpha value is -2.84. The smallest absolute Gasteiger partial charge is 0.291 e. The number of carbonyl (C=O) groups excluding carboxylic acids is 1. The molecule has 0 fully saturated rings. The van der Waals surface area contributed by atoms with Crippen LogP contribution in [0.15, 0.2) is 57.8 Å². The second-order valence-corrected chi connectivity index (χ2v) is 6.57. The Bertz CT molecular complexity index is 991. The second kappa shape index (κ2) is 5.99. The van der Waals surface area contributed by atoms with E-state index in [1.165, 1.54) is 25.3 Å². The summed E-state index contributed by atoms with van der Waals surface area (Å²) in [6.07, 6.45) is 0. The Labute approximate surface area is 138 Å². The number of anilines is 1. The number of benzene rings is 2. The fraction of sp³-hybridized carbons (Fsp3) is 0.0625. The van der Waals surface area contributed by atoms with E-state index in [-0.39, 0.29) is 16.3 Å². The van der Waals surface area contributed by atoms with Crippen LogP contribution in [0.1, 0.15) is 10.6 Å². The van der Waals surface area contributed by atoms with Gasteiger partial charge in [-0.15, -0.1) is 0 Å². The first-order valence-corrected chi connectivity index (χ1v) is 8.44. The van der Waals surface area contributed by atoms with Crippen molar-refractivity contribution in [3.8, 4) is 5.75 Å². The van der Waals surface area contributed by atoms with Gasteiger partial charge in [0.15, 0.2) is 5.76 Å². The molecule has 0 aliphatic rings. The van der Waals surface area contributed by atoms with Crippen molar-refractivity contribution in [2.45, 2.75) is 4.90 Å². The summed E-state index contributed by atoms with van der Waals surface area (Å²) in [6.45, 7) is 0. The van der Waals surface area contributed by atoms with Crippen LogP contribution in [0.3, 0.4) is 0 Å². The minimum atomic E-state index is -3.90. The summed E-state index contributed by atoms with van der Waals surface area (Å²) in [4.78, 5) is 12.2. The number of methoxy groups -OCH3 is 1. The first kappa shape index (κ1) is 16.0. The van der Waals surface area contributed by atoms with Crippen molar-refractivity contribution in [1.82, 2.24) is 0 Å². The van der Waals surface area contributed by atoms with Crippen LogP contribution >= 0.6 is 0 Å². The molecule has 0 unspecified atom stereocenters. The fourth-order valence-corrected chi connectivity index (χ4v) is 2.78. The maximum atomic E-state index is 12.4. The van der Waals surface area contributed by atoms with Gasteiger partial charge in [0.05, 0.1) is 17.7 Å². The molecule has 124 valence electrons. The molecule has 0 aliphatic carbocycles. The molecule has 3 rings (SSSR count). The minimum Gasteiger partial charge on any atom is -0.495 e. The Kier molecular flexibility index (Phi) is 4.00. The van der Waals surface area contributed by atoms with E-state index in [4.69, 9.17) is 14.3 Å². The highest BCUT2D eigenvalue weighted by molar-refractivity contribution is 7.89. The zero-order chi connectivity index (χ0) is 17.3. The van der Waals surface area contributed by atoms with Crippen LogP contribution in [0.4, 0.5) is 5.69 Å². The van der Waals surface area contributed by atoms with Crippen LogP contribution in [0.2, 0.25) is 0 Å². The van der Waals surface area contributed by atoms with Gasteiger partial charge in [-0.1, -0.05) is 18.2 Å². The Morgan fingerprint density at radius 3 is 2.58 bits per heavy atom. The number of primary sulfonamides is 1. The first-order valence-electron chi connectivity index (χ1n) is 6.89. The third kappa shape index (κ3) is 3.10. The average Bonchev–Trinajstić information content (AvgIpc) is 2.98. The van der Waals surface area contributed by atoms with Crippen LogP contribution in [-0.2, 0) is 10.0 Å². The third-order valence-electron chi connectivity index (χ3n) is 3.40. The molecule has 3 aromatic rings. The standard InChI is InChI=1S/C16H14N2O5S/c1-22-14-7-6-11(24(17,20)21)9-12(14)18-16(19)15-8-10-4-2-3-5-13(10)23-15/h2-9H,1H3,(H,18,19)(H2,17,20,21). The lowest BCUT2D eigenvalue weighted by molar-refractivity contribution is 0.0998. The quantitative estimate of drug-likeness (QED) is 0.753. The number of fused-ring (bicyclic) bond motifs is 1. The van der Waals surface area contributed by atoms with E-state index >= 15 is 0 Å². The number of furan rings is 1. The minimum absolute atomic E-state index is 0.0965. The van der Waals surface area contributed by atoms with Gasteiger partial charge in [0, 0.05) is 5.39 Å². The fourth-order valence-electron chi connectivity index (χ4n) is 2.24. The van der Waals surface area contributed by atoms with Gasteiger partial charge in [0.2, 0.25) is 10.0 Å². The largest absolute Gasteiger partial charge is 0.495 e. The highest BCUT2D eigenvalue weighted by Crippen LogP contribution is 2.28. The number of nitrogens with one attached hydrogen (secondary N) is 1. The summed E-state index contributed by atoms with van der Waals surface area (Å²) in [5.41, 5.74) is 0.752. The average molecular weight is 346 g/mol. The normalized spacial score (nSPS) is 11.4. The zero-order valence-corrected chi connectivity index (χ0v) is 13.5. The van der Waals surface area contributed by atoms with Crippen LogP contribution in [0.25, 0.3) is 11.0 Å². The monoisotopic (exact) mass is 346 g/mol. The second-order valence-electron chi connectivity index (χ2n) is 5.01. The number of hydrogen-bond acceptors (Lipinski definition) is 5. The molecule has 7 nitrogen and oxygen atoms in total. The SMILES string of the molecule is COc1ccc(S(N)(=O)=O)cc1NC(=O)c1cc2ccccc2o1. The number of carbonyl (C=O) groups is 1. The molecule has 0 spiro atoms. The van der Waals surface area contributed by atoms with E-state index in [2.05, 4.69) is 5.32 Å². The molecule has 8 heteroatoms. The lowest BCUT2D eigenvalue weighted by Gasteiger charge is -2.10. The Balaban J connectivity index is 1.95. The number of rotatable bonds is 4. The van der Waals surface area contributed by atoms with Gasteiger partial charge in [0.1, 0.15) is 11.3 Å². The summed E-state index contributed by atoms with van der Waals surface area (Å²) < 4.78 is 33.5. The number of hydrogen-bond donors (Lipinski definition) is 2. The molecule has 3 N–H and O–H groups in total. The van der Waals surface area contributed by atoms with Crippen LogP contribution < -0.4 is 15.2 Å². The number of nitrogens with two attached hydrogens (primary N) is 1. The van der Waals surface area contributed by atoms with Gasteiger partial charge in [0.25, 0.3) is 5.91 Å².